The van der Waals surface area contributed by atoms with Gasteiger partial charge in [0.05, 0.1) is 5.39 Å². The number of amides is 1. The molecule has 34 heavy (non-hydrogen) atoms. The number of rotatable bonds is 8. The minimum absolute atomic E-state index is 0.0919. The molecular formula is C26H23NO6S. The Morgan fingerprint density at radius 1 is 0.971 bits per heavy atom. The number of benzene rings is 3. The molecule has 0 fully saturated rings. The second-order valence-corrected chi connectivity index (χ2v) is 8.54. The fourth-order valence-electron chi connectivity index (χ4n) is 3.50. The first-order valence-corrected chi connectivity index (χ1v) is 12.1. The fraction of sp³-hybridized carbons (Fsp3) is 0.192. The van der Waals surface area contributed by atoms with Crippen LogP contribution in [0.4, 0.5) is 4.79 Å². The largest absolute Gasteiger partial charge is 0.445 e. The molecule has 1 N–H and O–H groups in total. The van der Waals surface area contributed by atoms with Gasteiger partial charge < -0.3 is 19.2 Å². The summed E-state index contributed by atoms with van der Waals surface area (Å²) in [5, 5.41) is 4.56. The van der Waals surface area contributed by atoms with Gasteiger partial charge in [0, 0.05) is 11.5 Å². The molecule has 7 nitrogen and oxygen atoms in total. The van der Waals surface area contributed by atoms with Crippen LogP contribution in [0.25, 0.3) is 21.7 Å². The molecule has 0 saturated carbocycles. The number of hydrogen-bond donors (Lipinski definition) is 1. The zero-order valence-corrected chi connectivity index (χ0v) is 19.3. The fourth-order valence-corrected chi connectivity index (χ4v) is 3.97. The van der Waals surface area contributed by atoms with Gasteiger partial charge in [-0.15, -0.1) is 0 Å². The van der Waals surface area contributed by atoms with Crippen LogP contribution >= 0.6 is 11.8 Å². The van der Waals surface area contributed by atoms with Crippen molar-refractivity contribution in [2.75, 3.05) is 12.0 Å². The van der Waals surface area contributed by atoms with Crippen LogP contribution in [-0.2, 0) is 16.1 Å². The molecule has 8 heteroatoms. The van der Waals surface area contributed by atoms with Gasteiger partial charge in [-0.05, 0) is 47.6 Å². The van der Waals surface area contributed by atoms with Gasteiger partial charge in [-0.1, -0.05) is 48.5 Å². The smallest absolute Gasteiger partial charge is 0.408 e. The van der Waals surface area contributed by atoms with E-state index in [1.807, 2.05) is 48.7 Å². The third-order valence-corrected chi connectivity index (χ3v) is 5.86. The van der Waals surface area contributed by atoms with E-state index in [9.17, 15) is 14.4 Å². The molecule has 1 aromatic heterocycles. The molecule has 0 aliphatic rings. The summed E-state index contributed by atoms with van der Waals surface area (Å²) >= 11 is 1.55. The number of carbonyl (C=O) groups excluding carboxylic acids is 2. The van der Waals surface area contributed by atoms with Crippen LogP contribution in [-0.4, -0.2) is 30.1 Å². The highest BCUT2D eigenvalue weighted by atomic mass is 32.2. The Labute approximate surface area is 200 Å². The van der Waals surface area contributed by atoms with E-state index in [1.165, 1.54) is 6.07 Å². The van der Waals surface area contributed by atoms with Gasteiger partial charge in [0.15, 0.2) is 0 Å². The summed E-state index contributed by atoms with van der Waals surface area (Å²) in [7, 11) is 0. The molecule has 4 rings (SSSR count). The number of alkyl carbamates (subject to hydrolysis) is 1. The number of hydrogen-bond acceptors (Lipinski definition) is 7. The lowest BCUT2D eigenvalue weighted by atomic mass is 10.1. The van der Waals surface area contributed by atoms with Crippen molar-refractivity contribution in [3.05, 3.63) is 88.8 Å². The lowest BCUT2D eigenvalue weighted by Crippen LogP contribution is -2.43. The highest BCUT2D eigenvalue weighted by Crippen LogP contribution is 2.26. The average Bonchev–Trinajstić information content (AvgIpc) is 2.86. The summed E-state index contributed by atoms with van der Waals surface area (Å²) in [6.07, 6.45) is 1.57. The molecule has 0 radical (unpaired) electrons. The van der Waals surface area contributed by atoms with Crippen LogP contribution in [0.5, 0.6) is 5.75 Å². The van der Waals surface area contributed by atoms with Crippen molar-refractivity contribution < 1.29 is 23.5 Å². The predicted molar refractivity (Wildman–Crippen MR) is 132 cm³/mol. The summed E-state index contributed by atoms with van der Waals surface area (Å²) in [5.74, 6) is 0.217. The van der Waals surface area contributed by atoms with Gasteiger partial charge in [-0.3, -0.25) is 0 Å². The third kappa shape index (κ3) is 5.58. The summed E-state index contributed by atoms with van der Waals surface area (Å²) in [5.41, 5.74) is 0.684. The lowest BCUT2D eigenvalue weighted by Gasteiger charge is -2.17. The maximum atomic E-state index is 12.8. The van der Waals surface area contributed by atoms with Gasteiger partial charge in [0.25, 0.3) is 0 Å². The Bertz CT molecular complexity index is 1370. The molecule has 0 unspecified atom stereocenters. The van der Waals surface area contributed by atoms with Crippen molar-refractivity contribution in [1.29, 1.82) is 0 Å². The van der Waals surface area contributed by atoms with Gasteiger partial charge in [-0.2, -0.15) is 11.8 Å². The average molecular weight is 478 g/mol. The lowest BCUT2D eigenvalue weighted by molar-refractivity contribution is -0.136. The number of esters is 1. The summed E-state index contributed by atoms with van der Waals surface area (Å²) in [4.78, 5) is 37.4. The number of nitrogens with one attached hydrogen (secondary N) is 1. The summed E-state index contributed by atoms with van der Waals surface area (Å²) < 4.78 is 16.2. The SMILES string of the molecule is CSCC[C@H](NC(=O)OCc1ccccc1)C(=O)Oc1ccc2c(c1)oc(=O)c1ccccc12. The zero-order valence-electron chi connectivity index (χ0n) is 18.5. The van der Waals surface area contributed by atoms with Crippen LogP contribution < -0.4 is 15.7 Å². The molecule has 0 saturated heterocycles. The second kappa shape index (κ2) is 10.9. The van der Waals surface area contributed by atoms with Gasteiger partial charge in [0.2, 0.25) is 0 Å². The van der Waals surface area contributed by atoms with Crippen molar-refractivity contribution >= 4 is 45.6 Å². The van der Waals surface area contributed by atoms with Crippen molar-refractivity contribution in [1.82, 2.24) is 5.32 Å². The molecule has 1 amide bonds. The van der Waals surface area contributed by atoms with E-state index in [-0.39, 0.29) is 12.4 Å². The Balaban J connectivity index is 1.47. The molecule has 0 bridgehead atoms. The third-order valence-electron chi connectivity index (χ3n) is 5.21. The van der Waals surface area contributed by atoms with E-state index < -0.39 is 23.7 Å². The Hall–Kier alpha value is -3.78. The van der Waals surface area contributed by atoms with Gasteiger partial charge >= 0.3 is 17.7 Å². The molecule has 1 atom stereocenters. The first-order chi connectivity index (χ1) is 16.5. The highest BCUT2D eigenvalue weighted by molar-refractivity contribution is 7.98. The number of fused-ring (bicyclic) bond motifs is 3. The first-order valence-electron chi connectivity index (χ1n) is 10.7. The standard InChI is InChI=1S/C26H23NO6S/c1-34-14-13-22(27-26(30)31-16-17-7-3-2-4-8-17)25(29)32-18-11-12-20-19-9-5-6-10-21(19)24(28)33-23(20)15-18/h2-12,15,22H,13-14,16H2,1H3,(H,27,30)/t22-/m0/s1. The predicted octanol–water partition coefficient (Wildman–Crippen LogP) is 4.90. The minimum Gasteiger partial charge on any atom is -0.445 e. The van der Waals surface area contributed by atoms with E-state index in [0.29, 0.717) is 23.1 Å². The van der Waals surface area contributed by atoms with Crippen LogP contribution in [0.1, 0.15) is 12.0 Å². The van der Waals surface area contributed by atoms with Gasteiger partial charge in [0.1, 0.15) is 24.0 Å². The Morgan fingerprint density at radius 2 is 1.71 bits per heavy atom. The molecule has 0 spiro atoms. The van der Waals surface area contributed by atoms with E-state index in [2.05, 4.69) is 5.32 Å². The molecule has 4 aromatic rings. The maximum Gasteiger partial charge on any atom is 0.408 e. The molecule has 1 heterocycles. The molecular weight excluding hydrogens is 454 g/mol. The van der Waals surface area contributed by atoms with Crippen LogP contribution in [0.2, 0.25) is 0 Å². The van der Waals surface area contributed by atoms with Crippen LogP contribution in [0.15, 0.2) is 82.0 Å². The van der Waals surface area contributed by atoms with Crippen molar-refractivity contribution in [3.63, 3.8) is 0 Å². The summed E-state index contributed by atoms with van der Waals surface area (Å²) in [6.45, 7) is 0.0919. The van der Waals surface area contributed by atoms with Crippen molar-refractivity contribution in [2.45, 2.75) is 19.1 Å². The topological polar surface area (TPSA) is 94.8 Å². The normalized spacial score (nSPS) is 11.8. The summed E-state index contributed by atoms with van der Waals surface area (Å²) in [6, 6.07) is 20.4. The monoisotopic (exact) mass is 477 g/mol. The van der Waals surface area contributed by atoms with E-state index in [1.54, 1.807) is 36.0 Å². The van der Waals surface area contributed by atoms with Crippen LogP contribution in [0.3, 0.4) is 0 Å². The number of carbonyl (C=O) groups is 2. The van der Waals surface area contributed by atoms with E-state index >= 15 is 0 Å². The zero-order chi connectivity index (χ0) is 23.9. The quantitative estimate of drug-likeness (QED) is 0.167. The Morgan fingerprint density at radius 3 is 2.47 bits per heavy atom. The highest BCUT2D eigenvalue weighted by Gasteiger charge is 2.24. The first kappa shape index (κ1) is 23.4. The van der Waals surface area contributed by atoms with Crippen LogP contribution in [0, 0.1) is 0 Å². The minimum atomic E-state index is -0.893. The van der Waals surface area contributed by atoms with Crippen molar-refractivity contribution in [3.8, 4) is 5.75 Å². The molecule has 0 aliphatic heterocycles. The number of ether oxygens (including phenoxy) is 2. The van der Waals surface area contributed by atoms with Crippen molar-refractivity contribution in [2.24, 2.45) is 0 Å². The second-order valence-electron chi connectivity index (χ2n) is 7.55. The molecule has 0 aliphatic carbocycles. The van der Waals surface area contributed by atoms with Gasteiger partial charge in [-0.25, -0.2) is 14.4 Å². The maximum absolute atomic E-state index is 12.8. The van der Waals surface area contributed by atoms with E-state index in [4.69, 9.17) is 13.9 Å². The molecule has 174 valence electrons. The number of thioether (sulfide) groups is 1. The molecule has 3 aromatic carbocycles. The Kier molecular flexibility index (Phi) is 7.49. The van der Waals surface area contributed by atoms with E-state index in [0.717, 1.165) is 16.3 Å².